The molecule has 1 atom stereocenters. The van der Waals surface area contributed by atoms with Crippen LogP contribution in [0.4, 0.5) is 0 Å². The Hall–Kier alpha value is -0.650. The molecule has 0 rings (SSSR count). The second kappa shape index (κ2) is 9.39. The number of hydrogen-bond donors (Lipinski definition) is 1. The van der Waals surface area contributed by atoms with Crippen molar-refractivity contribution in [1.29, 1.82) is 0 Å². The summed E-state index contributed by atoms with van der Waals surface area (Å²) in [6.07, 6.45) is 2.32. The molecule has 0 radical (unpaired) electrons. The Balaban J connectivity index is 3.51. The zero-order chi connectivity index (χ0) is 13.1. The molecule has 0 saturated carbocycles. The quantitative estimate of drug-likeness (QED) is 0.462. The lowest BCUT2D eigenvalue weighted by Gasteiger charge is -2.21. The van der Waals surface area contributed by atoms with E-state index in [4.69, 9.17) is 19.9 Å². The molecule has 0 aromatic heterocycles. The van der Waals surface area contributed by atoms with E-state index in [2.05, 4.69) is 0 Å². The van der Waals surface area contributed by atoms with Crippen LogP contribution in [0.25, 0.3) is 0 Å². The molecule has 0 amide bonds. The lowest BCUT2D eigenvalue weighted by Crippen LogP contribution is -2.46. The van der Waals surface area contributed by atoms with Gasteiger partial charge in [0.1, 0.15) is 12.1 Å². The molecule has 0 aliphatic heterocycles. The lowest BCUT2D eigenvalue weighted by atomic mass is 9.98. The van der Waals surface area contributed by atoms with Gasteiger partial charge in [0.2, 0.25) is 0 Å². The van der Waals surface area contributed by atoms with Crippen molar-refractivity contribution >= 4 is 5.97 Å². The van der Waals surface area contributed by atoms with Crippen LogP contribution in [0.2, 0.25) is 0 Å². The number of rotatable bonds is 10. The lowest BCUT2D eigenvalue weighted by molar-refractivity contribution is -0.151. The summed E-state index contributed by atoms with van der Waals surface area (Å²) in [4.78, 5) is 11.6. The molecule has 0 aromatic carbocycles. The van der Waals surface area contributed by atoms with Gasteiger partial charge >= 0.3 is 5.97 Å². The van der Waals surface area contributed by atoms with Crippen molar-refractivity contribution in [3.63, 3.8) is 0 Å². The third-order valence-electron chi connectivity index (χ3n) is 2.33. The Labute approximate surface area is 104 Å². The smallest absolute Gasteiger partial charge is 0.325 e. The average molecular weight is 247 g/mol. The maximum absolute atomic E-state index is 11.6. The summed E-state index contributed by atoms with van der Waals surface area (Å²) in [5.74, 6) is -0.361. The van der Waals surface area contributed by atoms with Crippen molar-refractivity contribution in [2.45, 2.75) is 38.6 Å². The van der Waals surface area contributed by atoms with E-state index in [-0.39, 0.29) is 12.6 Å². The van der Waals surface area contributed by atoms with E-state index in [1.54, 1.807) is 14.0 Å². The van der Waals surface area contributed by atoms with Crippen LogP contribution in [0.15, 0.2) is 0 Å². The topological polar surface area (TPSA) is 70.8 Å². The van der Waals surface area contributed by atoms with Crippen molar-refractivity contribution in [2.75, 3.05) is 33.5 Å². The van der Waals surface area contributed by atoms with Crippen LogP contribution in [0.1, 0.15) is 33.1 Å². The number of hydrogen-bond acceptors (Lipinski definition) is 5. The number of esters is 1. The van der Waals surface area contributed by atoms with Gasteiger partial charge < -0.3 is 19.9 Å². The minimum Gasteiger partial charge on any atom is -0.462 e. The van der Waals surface area contributed by atoms with Gasteiger partial charge in [-0.3, -0.25) is 4.79 Å². The SMILES string of the molecule is CCCC(C)(N)C(=O)OCCOCCCOC. The van der Waals surface area contributed by atoms with Gasteiger partial charge in [-0.15, -0.1) is 0 Å². The first-order chi connectivity index (χ1) is 8.04. The molecule has 5 heteroatoms. The van der Waals surface area contributed by atoms with Crippen LogP contribution in [-0.2, 0) is 19.0 Å². The molecule has 0 aromatic rings. The van der Waals surface area contributed by atoms with Crippen molar-refractivity contribution in [3.05, 3.63) is 0 Å². The van der Waals surface area contributed by atoms with E-state index >= 15 is 0 Å². The monoisotopic (exact) mass is 247 g/mol. The molecule has 5 nitrogen and oxygen atoms in total. The van der Waals surface area contributed by atoms with Crippen LogP contribution in [-0.4, -0.2) is 45.0 Å². The number of methoxy groups -OCH3 is 1. The second-order valence-electron chi connectivity index (χ2n) is 4.26. The van der Waals surface area contributed by atoms with E-state index in [9.17, 15) is 4.79 Å². The fourth-order valence-electron chi connectivity index (χ4n) is 1.39. The van der Waals surface area contributed by atoms with Gasteiger partial charge in [-0.2, -0.15) is 0 Å². The van der Waals surface area contributed by atoms with Gasteiger partial charge in [0.25, 0.3) is 0 Å². The molecule has 0 aliphatic carbocycles. The number of carbonyl (C=O) groups is 1. The molecule has 0 aliphatic rings. The highest BCUT2D eigenvalue weighted by atomic mass is 16.6. The number of nitrogens with two attached hydrogens (primary N) is 1. The summed E-state index contributed by atoms with van der Waals surface area (Å²) in [5, 5.41) is 0. The third-order valence-corrected chi connectivity index (χ3v) is 2.33. The van der Waals surface area contributed by atoms with E-state index in [1.807, 2.05) is 6.92 Å². The highest BCUT2D eigenvalue weighted by Crippen LogP contribution is 2.10. The molecule has 0 bridgehead atoms. The first-order valence-corrected chi connectivity index (χ1v) is 6.07. The van der Waals surface area contributed by atoms with Crippen LogP contribution in [0.5, 0.6) is 0 Å². The minimum absolute atomic E-state index is 0.252. The first-order valence-electron chi connectivity index (χ1n) is 6.07. The molecular weight excluding hydrogens is 222 g/mol. The summed E-state index contributed by atoms with van der Waals surface area (Å²) in [5.41, 5.74) is 4.94. The predicted molar refractivity (Wildman–Crippen MR) is 65.8 cm³/mol. The average Bonchev–Trinajstić information content (AvgIpc) is 2.27. The Morgan fingerprint density at radius 3 is 2.53 bits per heavy atom. The van der Waals surface area contributed by atoms with Crippen molar-refractivity contribution in [2.24, 2.45) is 5.73 Å². The highest BCUT2D eigenvalue weighted by molar-refractivity contribution is 5.79. The van der Waals surface area contributed by atoms with Crippen molar-refractivity contribution in [3.8, 4) is 0 Å². The Kier molecular flexibility index (Phi) is 9.03. The second-order valence-corrected chi connectivity index (χ2v) is 4.26. The standard InChI is InChI=1S/C12H25NO4/c1-4-6-12(2,13)11(14)17-10-9-16-8-5-7-15-3/h4-10,13H2,1-3H3. The molecular formula is C12H25NO4. The highest BCUT2D eigenvalue weighted by Gasteiger charge is 2.28. The third kappa shape index (κ3) is 8.12. The molecule has 1 unspecified atom stereocenters. The maximum atomic E-state index is 11.6. The normalized spacial score (nSPS) is 14.4. The molecule has 17 heavy (non-hydrogen) atoms. The summed E-state index contributed by atoms with van der Waals surface area (Å²) in [6, 6.07) is 0. The van der Waals surface area contributed by atoms with Gasteiger partial charge in [0.15, 0.2) is 0 Å². The zero-order valence-electron chi connectivity index (χ0n) is 11.2. The van der Waals surface area contributed by atoms with Crippen LogP contribution in [0.3, 0.4) is 0 Å². The van der Waals surface area contributed by atoms with Crippen LogP contribution >= 0.6 is 0 Å². The van der Waals surface area contributed by atoms with E-state index < -0.39 is 5.54 Å². The van der Waals surface area contributed by atoms with Gasteiger partial charge in [-0.05, 0) is 19.8 Å². The number of carbonyl (C=O) groups excluding carboxylic acids is 1. The minimum atomic E-state index is -0.884. The number of ether oxygens (including phenoxy) is 3. The Morgan fingerprint density at radius 2 is 1.94 bits per heavy atom. The largest absolute Gasteiger partial charge is 0.462 e. The van der Waals surface area contributed by atoms with Gasteiger partial charge in [0, 0.05) is 20.3 Å². The molecule has 0 spiro atoms. The fraction of sp³-hybridized carbons (Fsp3) is 0.917. The first kappa shape index (κ1) is 16.4. The van der Waals surface area contributed by atoms with Crippen molar-refractivity contribution < 1.29 is 19.0 Å². The van der Waals surface area contributed by atoms with Crippen molar-refractivity contribution in [1.82, 2.24) is 0 Å². The summed E-state index contributed by atoms with van der Waals surface area (Å²) >= 11 is 0. The Morgan fingerprint density at radius 1 is 1.24 bits per heavy atom. The zero-order valence-corrected chi connectivity index (χ0v) is 11.2. The molecule has 0 heterocycles. The molecule has 2 N–H and O–H groups in total. The van der Waals surface area contributed by atoms with Gasteiger partial charge in [-0.1, -0.05) is 13.3 Å². The molecule has 0 saturated heterocycles. The van der Waals surface area contributed by atoms with Crippen LogP contribution in [0, 0.1) is 0 Å². The fourth-order valence-corrected chi connectivity index (χ4v) is 1.39. The molecule has 0 fully saturated rings. The van der Waals surface area contributed by atoms with Gasteiger partial charge in [0.05, 0.1) is 6.61 Å². The summed E-state index contributed by atoms with van der Waals surface area (Å²) < 4.78 is 15.2. The van der Waals surface area contributed by atoms with Crippen LogP contribution < -0.4 is 5.73 Å². The van der Waals surface area contributed by atoms with Gasteiger partial charge in [-0.25, -0.2) is 0 Å². The van der Waals surface area contributed by atoms with E-state index in [1.165, 1.54) is 0 Å². The van der Waals surface area contributed by atoms with E-state index in [0.29, 0.717) is 26.2 Å². The molecule has 102 valence electrons. The summed E-state index contributed by atoms with van der Waals surface area (Å²) in [7, 11) is 1.65. The summed E-state index contributed by atoms with van der Waals surface area (Å²) in [6.45, 7) is 5.62. The predicted octanol–water partition coefficient (Wildman–Crippen LogP) is 1.10. The maximum Gasteiger partial charge on any atom is 0.325 e. The van der Waals surface area contributed by atoms with E-state index in [0.717, 1.165) is 12.8 Å². The Bertz CT molecular complexity index is 207.